The zero-order valence-corrected chi connectivity index (χ0v) is 15.6. The van der Waals surface area contributed by atoms with Crippen molar-refractivity contribution in [2.24, 2.45) is 0 Å². The van der Waals surface area contributed by atoms with E-state index in [-0.39, 0.29) is 24.4 Å². The quantitative estimate of drug-likeness (QED) is 0.698. The van der Waals surface area contributed by atoms with Gasteiger partial charge in [-0.2, -0.15) is 0 Å². The third-order valence-electron chi connectivity index (χ3n) is 4.33. The molecule has 140 valence electrons. The average Bonchev–Trinajstić information content (AvgIpc) is 2.68. The Morgan fingerprint density at radius 1 is 1.11 bits per heavy atom. The van der Waals surface area contributed by atoms with E-state index in [0.29, 0.717) is 29.9 Å². The smallest absolute Gasteiger partial charge is 0.258 e. The summed E-state index contributed by atoms with van der Waals surface area (Å²) in [6.45, 7) is 5.26. The fraction of sp³-hybridized carbons (Fsp3) is 0.286. The van der Waals surface area contributed by atoms with E-state index >= 15 is 0 Å². The molecule has 0 unspecified atom stereocenters. The molecule has 1 amide bonds. The molecule has 0 aliphatic heterocycles. The Balaban J connectivity index is 1.72. The van der Waals surface area contributed by atoms with Gasteiger partial charge in [-0.15, -0.1) is 0 Å². The van der Waals surface area contributed by atoms with Gasteiger partial charge in [0.2, 0.25) is 5.91 Å². The first-order valence-electron chi connectivity index (χ1n) is 9.08. The number of likely N-dealkylation sites (N-methyl/N-ethyl adjacent to an activating group) is 1. The molecule has 0 saturated carbocycles. The highest BCUT2D eigenvalue weighted by molar-refractivity contribution is 5.79. The summed E-state index contributed by atoms with van der Waals surface area (Å²) < 4.78 is 5.42. The molecule has 6 nitrogen and oxygen atoms in total. The summed E-state index contributed by atoms with van der Waals surface area (Å²) in [4.78, 5) is 33.8. The lowest BCUT2D eigenvalue weighted by Crippen LogP contribution is -2.33. The summed E-state index contributed by atoms with van der Waals surface area (Å²) in [5.41, 5.74) is 1.36. The number of ether oxygens (including phenoxy) is 1. The van der Waals surface area contributed by atoms with Crippen molar-refractivity contribution < 1.29 is 9.53 Å². The second-order valence-corrected chi connectivity index (χ2v) is 6.19. The second-order valence-electron chi connectivity index (χ2n) is 6.19. The van der Waals surface area contributed by atoms with E-state index in [4.69, 9.17) is 4.74 Å². The van der Waals surface area contributed by atoms with Crippen molar-refractivity contribution >= 4 is 16.8 Å². The maximum Gasteiger partial charge on any atom is 0.258 e. The van der Waals surface area contributed by atoms with E-state index in [2.05, 4.69) is 9.97 Å². The van der Waals surface area contributed by atoms with Crippen molar-refractivity contribution in [3.05, 3.63) is 70.3 Å². The molecule has 0 saturated heterocycles. The highest BCUT2D eigenvalue weighted by Gasteiger charge is 2.15. The van der Waals surface area contributed by atoms with Crippen molar-refractivity contribution in [3.8, 4) is 5.75 Å². The van der Waals surface area contributed by atoms with E-state index in [1.807, 2.05) is 44.2 Å². The van der Waals surface area contributed by atoms with Gasteiger partial charge in [0.25, 0.3) is 5.56 Å². The number of H-pyrrole nitrogens is 1. The molecule has 0 spiro atoms. The summed E-state index contributed by atoms with van der Waals surface area (Å²) in [6, 6.07) is 14.7. The summed E-state index contributed by atoms with van der Waals surface area (Å²) in [5.74, 6) is 1.26. The van der Waals surface area contributed by atoms with Gasteiger partial charge in [-0.3, -0.25) is 9.59 Å². The molecule has 0 atom stereocenters. The van der Waals surface area contributed by atoms with Gasteiger partial charge in [0.05, 0.1) is 30.5 Å². The van der Waals surface area contributed by atoms with Gasteiger partial charge in [0.1, 0.15) is 11.6 Å². The number of amides is 1. The lowest BCUT2D eigenvalue weighted by atomic mass is 10.1. The van der Waals surface area contributed by atoms with Gasteiger partial charge < -0.3 is 14.6 Å². The van der Waals surface area contributed by atoms with Crippen LogP contribution in [0.25, 0.3) is 10.9 Å². The Hall–Kier alpha value is -3.15. The van der Waals surface area contributed by atoms with Gasteiger partial charge in [-0.1, -0.05) is 24.3 Å². The van der Waals surface area contributed by atoms with Crippen molar-refractivity contribution in [1.82, 2.24) is 14.9 Å². The van der Waals surface area contributed by atoms with E-state index in [1.54, 1.807) is 23.1 Å². The van der Waals surface area contributed by atoms with Crippen LogP contribution in [0.1, 0.15) is 25.2 Å². The molecule has 3 aromatic rings. The van der Waals surface area contributed by atoms with Crippen LogP contribution in [0.3, 0.4) is 0 Å². The maximum absolute atomic E-state index is 12.7. The average molecular weight is 365 g/mol. The summed E-state index contributed by atoms with van der Waals surface area (Å²) in [6.07, 6.45) is 0.290. The van der Waals surface area contributed by atoms with Crippen LogP contribution in [0.4, 0.5) is 0 Å². The van der Waals surface area contributed by atoms with Crippen LogP contribution in [0.15, 0.2) is 53.3 Å². The number of benzene rings is 2. The number of hydrogen-bond acceptors (Lipinski definition) is 4. The van der Waals surface area contributed by atoms with E-state index < -0.39 is 0 Å². The molecule has 0 aliphatic carbocycles. The molecule has 0 fully saturated rings. The molecule has 2 aromatic carbocycles. The normalized spacial score (nSPS) is 10.7. The summed E-state index contributed by atoms with van der Waals surface area (Å²) in [5, 5.41) is 0.546. The largest absolute Gasteiger partial charge is 0.494 e. The fourth-order valence-corrected chi connectivity index (χ4v) is 2.92. The Morgan fingerprint density at radius 2 is 1.85 bits per heavy atom. The van der Waals surface area contributed by atoms with Gasteiger partial charge in [0, 0.05) is 6.54 Å². The molecule has 0 aliphatic rings. The third kappa shape index (κ3) is 4.53. The Labute approximate surface area is 157 Å². The number of hydrogen-bond donors (Lipinski definition) is 1. The minimum absolute atomic E-state index is 0.0162. The minimum atomic E-state index is -0.189. The molecule has 27 heavy (non-hydrogen) atoms. The predicted molar refractivity (Wildman–Crippen MR) is 105 cm³/mol. The first-order chi connectivity index (χ1) is 13.1. The first-order valence-corrected chi connectivity index (χ1v) is 9.08. The number of aromatic nitrogens is 2. The van der Waals surface area contributed by atoms with Gasteiger partial charge in [-0.25, -0.2) is 4.98 Å². The number of fused-ring (bicyclic) bond motifs is 1. The predicted octanol–water partition coefficient (Wildman–Crippen LogP) is 2.91. The molecule has 0 radical (unpaired) electrons. The number of nitrogens with one attached hydrogen (secondary N) is 1. The number of aromatic amines is 1. The molecule has 1 heterocycles. The third-order valence-corrected chi connectivity index (χ3v) is 4.33. The Morgan fingerprint density at radius 3 is 2.56 bits per heavy atom. The number of nitrogens with zero attached hydrogens (tertiary/aromatic N) is 2. The Kier molecular flexibility index (Phi) is 5.86. The van der Waals surface area contributed by atoms with Gasteiger partial charge in [-0.05, 0) is 43.7 Å². The monoisotopic (exact) mass is 365 g/mol. The van der Waals surface area contributed by atoms with Crippen LogP contribution in [0.2, 0.25) is 0 Å². The highest BCUT2D eigenvalue weighted by atomic mass is 16.5. The second kappa shape index (κ2) is 8.49. The molecule has 0 bridgehead atoms. The molecule has 3 rings (SSSR count). The van der Waals surface area contributed by atoms with E-state index in [1.165, 1.54) is 0 Å². The zero-order valence-electron chi connectivity index (χ0n) is 15.6. The molecule has 6 heteroatoms. The molecular weight excluding hydrogens is 342 g/mol. The summed E-state index contributed by atoms with van der Waals surface area (Å²) >= 11 is 0. The number of carbonyl (C=O) groups excluding carboxylic acids is 1. The number of para-hydroxylation sites is 1. The highest BCUT2D eigenvalue weighted by Crippen LogP contribution is 2.14. The van der Waals surface area contributed by atoms with E-state index in [9.17, 15) is 9.59 Å². The van der Waals surface area contributed by atoms with Crippen molar-refractivity contribution in [2.45, 2.75) is 26.8 Å². The van der Waals surface area contributed by atoms with Crippen LogP contribution in [0.5, 0.6) is 5.75 Å². The Bertz CT molecular complexity index is 980. The van der Waals surface area contributed by atoms with E-state index in [0.717, 1.165) is 11.3 Å². The molecular formula is C21H23N3O3. The number of rotatable bonds is 7. The standard InChI is InChI=1S/C21H23N3O3/c1-3-24(20(25)13-15-9-11-16(12-10-15)27-4-2)14-19-22-18-8-6-5-7-17(18)21(26)23-19/h5-12H,3-4,13-14H2,1-2H3,(H,22,23,26). The van der Waals surface area contributed by atoms with Crippen molar-refractivity contribution in [1.29, 1.82) is 0 Å². The first kappa shape index (κ1) is 18.6. The van der Waals surface area contributed by atoms with Crippen molar-refractivity contribution in [2.75, 3.05) is 13.2 Å². The SMILES string of the molecule is CCOc1ccc(CC(=O)N(CC)Cc2nc3ccccc3c(=O)[nH]2)cc1. The lowest BCUT2D eigenvalue weighted by Gasteiger charge is -2.20. The fourth-order valence-electron chi connectivity index (χ4n) is 2.92. The van der Waals surface area contributed by atoms with Crippen LogP contribution in [-0.4, -0.2) is 33.9 Å². The molecule has 1 aromatic heterocycles. The van der Waals surface area contributed by atoms with Crippen LogP contribution < -0.4 is 10.3 Å². The molecule has 1 N–H and O–H groups in total. The van der Waals surface area contributed by atoms with Crippen LogP contribution in [-0.2, 0) is 17.8 Å². The van der Waals surface area contributed by atoms with Crippen LogP contribution in [0, 0.1) is 0 Å². The zero-order chi connectivity index (χ0) is 19.2. The minimum Gasteiger partial charge on any atom is -0.494 e. The topological polar surface area (TPSA) is 75.3 Å². The lowest BCUT2D eigenvalue weighted by molar-refractivity contribution is -0.131. The van der Waals surface area contributed by atoms with Gasteiger partial charge >= 0.3 is 0 Å². The van der Waals surface area contributed by atoms with Crippen molar-refractivity contribution in [3.63, 3.8) is 0 Å². The van der Waals surface area contributed by atoms with Gasteiger partial charge in [0.15, 0.2) is 0 Å². The number of carbonyl (C=O) groups is 1. The maximum atomic E-state index is 12.7. The summed E-state index contributed by atoms with van der Waals surface area (Å²) in [7, 11) is 0. The van der Waals surface area contributed by atoms with Crippen LogP contribution >= 0.6 is 0 Å².